The van der Waals surface area contributed by atoms with Gasteiger partial charge in [-0.15, -0.1) is 0 Å². The van der Waals surface area contributed by atoms with Crippen molar-refractivity contribution in [2.45, 2.75) is 37.5 Å². The third-order valence-electron chi connectivity index (χ3n) is 3.76. The highest BCUT2D eigenvalue weighted by Crippen LogP contribution is 2.30. The summed E-state index contributed by atoms with van der Waals surface area (Å²) in [4.78, 5) is 10.3. The fourth-order valence-corrected chi connectivity index (χ4v) is 4.12. The van der Waals surface area contributed by atoms with Crippen molar-refractivity contribution < 1.29 is 13.3 Å². The second kappa shape index (κ2) is 5.40. The molecule has 0 heterocycles. The minimum Gasteiger partial charge on any atom is -0.381 e. The van der Waals surface area contributed by atoms with E-state index in [1.807, 2.05) is 0 Å². The van der Waals surface area contributed by atoms with Crippen LogP contribution in [0, 0.1) is 17.0 Å². The molecule has 1 aliphatic carbocycles. The molecule has 0 aromatic heterocycles. The van der Waals surface area contributed by atoms with E-state index in [1.165, 1.54) is 18.4 Å². The number of anilines is 1. The molecule has 1 saturated carbocycles. The summed E-state index contributed by atoms with van der Waals surface area (Å²) in [6, 6.07) is 4.45. The first kappa shape index (κ1) is 14.8. The average Bonchev–Trinajstić information content (AvgIpc) is 2.79. The molecule has 1 aliphatic rings. The number of sulfone groups is 1. The highest BCUT2D eigenvalue weighted by atomic mass is 32.2. The molecule has 0 spiro atoms. The van der Waals surface area contributed by atoms with Gasteiger partial charge in [-0.25, -0.2) is 8.42 Å². The Morgan fingerprint density at radius 3 is 2.60 bits per heavy atom. The van der Waals surface area contributed by atoms with Crippen LogP contribution in [0.4, 0.5) is 11.4 Å². The minimum absolute atomic E-state index is 0.0409. The molecular formula is C13H18N2O4S. The Balaban J connectivity index is 2.20. The van der Waals surface area contributed by atoms with Crippen LogP contribution in [0.25, 0.3) is 0 Å². The molecule has 0 radical (unpaired) electrons. The van der Waals surface area contributed by atoms with E-state index in [1.54, 1.807) is 13.0 Å². The van der Waals surface area contributed by atoms with Crippen molar-refractivity contribution in [3.8, 4) is 0 Å². The first-order chi connectivity index (χ1) is 9.29. The van der Waals surface area contributed by atoms with Gasteiger partial charge < -0.3 is 5.32 Å². The Morgan fingerprint density at radius 2 is 2.05 bits per heavy atom. The van der Waals surface area contributed by atoms with E-state index in [0.717, 1.165) is 24.1 Å². The predicted octanol–water partition coefficient (Wildman–Crippen LogP) is 2.28. The van der Waals surface area contributed by atoms with Crippen LogP contribution < -0.4 is 5.32 Å². The van der Waals surface area contributed by atoms with Gasteiger partial charge in [-0.3, -0.25) is 10.1 Å². The lowest BCUT2D eigenvalue weighted by atomic mass is 10.1. The molecule has 6 nitrogen and oxygen atoms in total. The van der Waals surface area contributed by atoms with Gasteiger partial charge in [0.2, 0.25) is 0 Å². The van der Waals surface area contributed by atoms with E-state index in [2.05, 4.69) is 5.32 Å². The molecule has 2 rings (SSSR count). The number of nitro benzene ring substituents is 1. The third kappa shape index (κ3) is 3.09. The Morgan fingerprint density at radius 1 is 1.35 bits per heavy atom. The fourth-order valence-electron chi connectivity index (χ4n) is 2.73. The number of aryl methyl sites for hydroxylation is 1. The van der Waals surface area contributed by atoms with E-state index < -0.39 is 14.8 Å². The minimum atomic E-state index is -3.08. The highest BCUT2D eigenvalue weighted by Gasteiger charge is 2.34. The molecule has 2 atom stereocenters. The monoisotopic (exact) mass is 298 g/mol. The summed E-state index contributed by atoms with van der Waals surface area (Å²) in [5.74, 6) is 0. The zero-order valence-electron chi connectivity index (χ0n) is 11.5. The van der Waals surface area contributed by atoms with E-state index in [9.17, 15) is 18.5 Å². The van der Waals surface area contributed by atoms with Gasteiger partial charge in [0.1, 0.15) is 0 Å². The molecule has 20 heavy (non-hydrogen) atoms. The summed E-state index contributed by atoms with van der Waals surface area (Å²) in [6.45, 7) is 1.78. The quantitative estimate of drug-likeness (QED) is 0.680. The second-order valence-corrected chi connectivity index (χ2v) is 7.57. The molecule has 1 fully saturated rings. The van der Waals surface area contributed by atoms with Gasteiger partial charge in [-0.2, -0.15) is 0 Å². The van der Waals surface area contributed by atoms with E-state index in [0.29, 0.717) is 6.42 Å². The summed E-state index contributed by atoms with van der Waals surface area (Å²) in [5.41, 5.74) is 1.55. The van der Waals surface area contributed by atoms with Crippen molar-refractivity contribution in [2.75, 3.05) is 11.6 Å². The van der Waals surface area contributed by atoms with Crippen LogP contribution in [0.3, 0.4) is 0 Å². The van der Waals surface area contributed by atoms with Gasteiger partial charge in [0.15, 0.2) is 9.84 Å². The third-order valence-corrected chi connectivity index (χ3v) is 5.43. The topological polar surface area (TPSA) is 89.3 Å². The first-order valence-electron chi connectivity index (χ1n) is 6.49. The summed E-state index contributed by atoms with van der Waals surface area (Å²) in [7, 11) is -3.08. The number of nitro groups is 1. The number of benzene rings is 1. The van der Waals surface area contributed by atoms with Crippen LogP contribution in [0.2, 0.25) is 0 Å². The van der Waals surface area contributed by atoms with Crippen LogP contribution >= 0.6 is 0 Å². The average molecular weight is 298 g/mol. The highest BCUT2D eigenvalue weighted by molar-refractivity contribution is 7.91. The molecule has 2 unspecified atom stereocenters. The predicted molar refractivity (Wildman–Crippen MR) is 77.7 cm³/mol. The first-order valence-corrected chi connectivity index (χ1v) is 8.45. The van der Waals surface area contributed by atoms with Crippen molar-refractivity contribution in [1.29, 1.82) is 0 Å². The molecule has 0 amide bonds. The van der Waals surface area contributed by atoms with Crippen LogP contribution in [0.5, 0.6) is 0 Å². The van der Waals surface area contributed by atoms with Crippen molar-refractivity contribution in [2.24, 2.45) is 0 Å². The van der Waals surface area contributed by atoms with Crippen LogP contribution in [-0.4, -0.2) is 30.9 Å². The second-order valence-electron chi connectivity index (χ2n) is 5.31. The number of hydrogen-bond acceptors (Lipinski definition) is 5. The number of nitrogens with one attached hydrogen (secondary N) is 1. The molecule has 1 aromatic rings. The van der Waals surface area contributed by atoms with Gasteiger partial charge in [0, 0.05) is 30.1 Å². The standard InChI is InChI=1S/C13H18N2O4S/c1-9-8-10(15(16)17)6-7-11(9)14-12-4-3-5-13(12)20(2,18)19/h6-8,12-14H,3-5H2,1-2H3. The SMILES string of the molecule is Cc1cc([N+](=O)[O-])ccc1NC1CCCC1S(C)(=O)=O. The molecule has 1 aromatic carbocycles. The maximum atomic E-state index is 11.7. The van der Waals surface area contributed by atoms with Crippen LogP contribution in [0.15, 0.2) is 18.2 Å². The fraction of sp³-hybridized carbons (Fsp3) is 0.538. The Bertz CT molecular complexity index is 627. The summed E-state index contributed by atoms with van der Waals surface area (Å²) in [6.07, 6.45) is 3.61. The zero-order chi connectivity index (χ0) is 14.9. The van der Waals surface area contributed by atoms with E-state index in [4.69, 9.17) is 0 Å². The molecule has 110 valence electrons. The van der Waals surface area contributed by atoms with Crippen LogP contribution in [0.1, 0.15) is 24.8 Å². The maximum Gasteiger partial charge on any atom is 0.269 e. The van der Waals surface area contributed by atoms with E-state index >= 15 is 0 Å². The normalized spacial score (nSPS) is 22.7. The summed E-state index contributed by atoms with van der Waals surface area (Å²) < 4.78 is 23.5. The zero-order valence-corrected chi connectivity index (χ0v) is 12.3. The molecular weight excluding hydrogens is 280 g/mol. The lowest BCUT2D eigenvalue weighted by Crippen LogP contribution is -2.34. The lowest BCUT2D eigenvalue weighted by molar-refractivity contribution is -0.384. The van der Waals surface area contributed by atoms with Gasteiger partial charge >= 0.3 is 0 Å². The maximum absolute atomic E-state index is 11.7. The molecule has 1 N–H and O–H groups in total. The number of hydrogen-bond donors (Lipinski definition) is 1. The lowest BCUT2D eigenvalue weighted by Gasteiger charge is -2.21. The summed E-state index contributed by atoms with van der Waals surface area (Å²) in [5, 5.41) is 13.6. The number of rotatable bonds is 4. The Hall–Kier alpha value is -1.63. The molecule has 0 saturated heterocycles. The van der Waals surface area contributed by atoms with Gasteiger partial charge in [0.25, 0.3) is 5.69 Å². The van der Waals surface area contributed by atoms with Crippen molar-refractivity contribution in [3.05, 3.63) is 33.9 Å². The smallest absolute Gasteiger partial charge is 0.269 e. The van der Waals surface area contributed by atoms with E-state index in [-0.39, 0.29) is 17.0 Å². The molecule has 0 bridgehead atoms. The number of nitrogens with zero attached hydrogens (tertiary/aromatic N) is 1. The van der Waals surface area contributed by atoms with Crippen LogP contribution in [-0.2, 0) is 9.84 Å². The van der Waals surface area contributed by atoms with Crippen molar-refractivity contribution in [1.82, 2.24) is 0 Å². The van der Waals surface area contributed by atoms with Gasteiger partial charge in [-0.1, -0.05) is 0 Å². The van der Waals surface area contributed by atoms with Gasteiger partial charge in [-0.05, 0) is 37.8 Å². The Kier molecular flexibility index (Phi) is 3.99. The van der Waals surface area contributed by atoms with Crippen molar-refractivity contribution >= 4 is 21.2 Å². The summed E-state index contributed by atoms with van der Waals surface area (Å²) >= 11 is 0. The molecule has 7 heteroatoms. The molecule has 0 aliphatic heterocycles. The largest absolute Gasteiger partial charge is 0.381 e. The Labute approximate surface area is 118 Å². The van der Waals surface area contributed by atoms with Gasteiger partial charge in [0.05, 0.1) is 10.2 Å². The van der Waals surface area contributed by atoms with Crippen molar-refractivity contribution in [3.63, 3.8) is 0 Å². The number of non-ortho nitro benzene ring substituents is 1.